The molecule has 6 heteroatoms. The van der Waals surface area contributed by atoms with Crippen molar-refractivity contribution in [2.75, 3.05) is 6.61 Å². The largest absolute Gasteiger partial charge is 0.463 e. The lowest BCUT2D eigenvalue weighted by atomic mass is 10.2. The summed E-state index contributed by atoms with van der Waals surface area (Å²) in [6, 6.07) is 6.40. The van der Waals surface area contributed by atoms with Crippen LogP contribution < -0.4 is 0 Å². The Morgan fingerprint density at radius 3 is 2.30 bits per heavy atom. The van der Waals surface area contributed by atoms with Gasteiger partial charge in [-0.15, -0.1) is 0 Å². The maximum Gasteiger partial charge on any atom is 0.305 e. The van der Waals surface area contributed by atoms with Crippen molar-refractivity contribution in [3.63, 3.8) is 0 Å². The predicted molar refractivity (Wildman–Crippen MR) is 74.8 cm³/mol. The third-order valence-corrected chi connectivity index (χ3v) is 4.12. The van der Waals surface area contributed by atoms with Crippen LogP contribution in [0.5, 0.6) is 0 Å². The van der Waals surface area contributed by atoms with Gasteiger partial charge in [0.2, 0.25) is 0 Å². The number of ether oxygens (including phenoxy) is 1. The summed E-state index contributed by atoms with van der Waals surface area (Å²) in [4.78, 5) is 11.2. The molecule has 0 saturated carbocycles. The minimum absolute atomic E-state index is 0.0612. The molecule has 0 bridgehead atoms. The lowest BCUT2D eigenvalue weighted by Crippen LogP contribution is -2.24. The molecule has 0 aliphatic carbocycles. The normalized spacial score (nSPS) is 12.9. The first-order valence-electron chi connectivity index (χ1n) is 6.54. The van der Waals surface area contributed by atoms with E-state index in [0.29, 0.717) is 6.42 Å². The number of aryl methyl sites for hydroxylation is 1. The van der Waals surface area contributed by atoms with Crippen LogP contribution in [0.2, 0.25) is 0 Å². The van der Waals surface area contributed by atoms with Gasteiger partial charge < -0.3 is 4.74 Å². The summed E-state index contributed by atoms with van der Waals surface area (Å²) in [6.07, 6.45) is 0.0141. The van der Waals surface area contributed by atoms with Gasteiger partial charge in [0.05, 0.1) is 4.90 Å². The third-order valence-electron chi connectivity index (χ3n) is 2.75. The fourth-order valence-corrected chi connectivity index (χ4v) is 2.57. The van der Waals surface area contributed by atoms with Gasteiger partial charge in [-0.05, 0) is 25.5 Å². The molecule has 0 amide bonds. The van der Waals surface area contributed by atoms with E-state index in [4.69, 9.17) is 8.92 Å². The summed E-state index contributed by atoms with van der Waals surface area (Å²) in [5.41, 5.74) is 0.966. The van der Waals surface area contributed by atoms with Gasteiger partial charge in [-0.3, -0.25) is 8.98 Å². The van der Waals surface area contributed by atoms with Gasteiger partial charge in [0.25, 0.3) is 10.1 Å². The van der Waals surface area contributed by atoms with E-state index in [-0.39, 0.29) is 23.9 Å². The molecule has 112 valence electrons. The summed E-state index contributed by atoms with van der Waals surface area (Å²) < 4.78 is 34.1. The van der Waals surface area contributed by atoms with Crippen LogP contribution in [0, 0.1) is 6.92 Å². The molecule has 1 aromatic rings. The van der Waals surface area contributed by atoms with Gasteiger partial charge in [-0.1, -0.05) is 31.5 Å². The van der Waals surface area contributed by atoms with Crippen molar-refractivity contribution in [2.24, 2.45) is 0 Å². The minimum atomic E-state index is -3.83. The van der Waals surface area contributed by atoms with Crippen molar-refractivity contribution < 1.29 is 22.1 Å². The van der Waals surface area contributed by atoms with E-state index >= 15 is 0 Å². The van der Waals surface area contributed by atoms with E-state index < -0.39 is 16.2 Å². The lowest BCUT2D eigenvalue weighted by Gasteiger charge is -2.15. The predicted octanol–water partition coefficient (Wildman–Crippen LogP) is 2.43. The summed E-state index contributed by atoms with van der Waals surface area (Å²) in [5, 5.41) is 0. The standard InChI is InChI=1S/C14H20O5S/c1-4-12(10-18-14(15)5-2)19-20(16,17)13-8-6-11(3)7-9-13/h6-9,12H,4-5,10H2,1-3H3. The highest BCUT2D eigenvalue weighted by Crippen LogP contribution is 2.16. The zero-order chi connectivity index (χ0) is 15.2. The molecule has 0 aliphatic heterocycles. The number of benzene rings is 1. The van der Waals surface area contributed by atoms with Crippen LogP contribution in [0.3, 0.4) is 0 Å². The zero-order valence-corrected chi connectivity index (χ0v) is 12.8. The molecule has 0 saturated heterocycles. The zero-order valence-electron chi connectivity index (χ0n) is 12.0. The van der Waals surface area contributed by atoms with E-state index in [2.05, 4.69) is 0 Å². The molecule has 0 aliphatic rings. The molecule has 0 radical (unpaired) electrons. The smallest absolute Gasteiger partial charge is 0.305 e. The molecule has 1 atom stereocenters. The monoisotopic (exact) mass is 300 g/mol. The Bertz CT molecular complexity index is 533. The second kappa shape index (κ2) is 7.40. The number of carbonyl (C=O) groups is 1. The molecular weight excluding hydrogens is 280 g/mol. The van der Waals surface area contributed by atoms with Gasteiger partial charge in [-0.25, -0.2) is 0 Å². The van der Waals surface area contributed by atoms with Gasteiger partial charge in [0.1, 0.15) is 12.7 Å². The fraction of sp³-hybridized carbons (Fsp3) is 0.500. The van der Waals surface area contributed by atoms with Crippen molar-refractivity contribution >= 4 is 16.1 Å². The van der Waals surface area contributed by atoms with Crippen molar-refractivity contribution in [1.29, 1.82) is 0 Å². The Hall–Kier alpha value is -1.40. The number of esters is 1. The Morgan fingerprint density at radius 1 is 1.20 bits per heavy atom. The van der Waals surface area contributed by atoms with Gasteiger partial charge in [0, 0.05) is 6.42 Å². The second-order valence-corrected chi connectivity index (χ2v) is 6.00. The van der Waals surface area contributed by atoms with E-state index in [1.165, 1.54) is 12.1 Å². The molecular formula is C14H20O5S. The highest BCUT2D eigenvalue weighted by atomic mass is 32.2. The fourth-order valence-electron chi connectivity index (χ4n) is 1.44. The Labute approximate surface area is 120 Å². The SMILES string of the molecule is CCC(=O)OCC(CC)OS(=O)(=O)c1ccc(C)cc1. The van der Waals surface area contributed by atoms with Crippen LogP contribution >= 0.6 is 0 Å². The van der Waals surface area contributed by atoms with E-state index in [9.17, 15) is 13.2 Å². The first-order valence-corrected chi connectivity index (χ1v) is 7.95. The van der Waals surface area contributed by atoms with E-state index in [0.717, 1.165) is 5.56 Å². The average molecular weight is 300 g/mol. The molecule has 5 nitrogen and oxygen atoms in total. The first-order chi connectivity index (χ1) is 9.39. The number of carbonyl (C=O) groups excluding carboxylic acids is 1. The number of rotatable bonds is 7. The topological polar surface area (TPSA) is 69.7 Å². The number of hydrogen-bond acceptors (Lipinski definition) is 5. The molecule has 0 heterocycles. The molecule has 0 aromatic heterocycles. The van der Waals surface area contributed by atoms with Crippen LogP contribution in [-0.4, -0.2) is 27.1 Å². The Balaban J connectivity index is 2.72. The van der Waals surface area contributed by atoms with Crippen LogP contribution in [0.1, 0.15) is 32.3 Å². The first kappa shape index (κ1) is 16.7. The van der Waals surface area contributed by atoms with Crippen molar-refractivity contribution in [3.05, 3.63) is 29.8 Å². The van der Waals surface area contributed by atoms with E-state index in [1.54, 1.807) is 26.0 Å². The quantitative estimate of drug-likeness (QED) is 0.571. The average Bonchev–Trinajstić information content (AvgIpc) is 2.43. The van der Waals surface area contributed by atoms with Gasteiger partial charge in [0.15, 0.2) is 0 Å². The molecule has 20 heavy (non-hydrogen) atoms. The minimum Gasteiger partial charge on any atom is -0.463 e. The van der Waals surface area contributed by atoms with Gasteiger partial charge >= 0.3 is 5.97 Å². The van der Waals surface area contributed by atoms with E-state index in [1.807, 2.05) is 6.92 Å². The summed E-state index contributed by atoms with van der Waals surface area (Å²) in [5.74, 6) is -0.375. The summed E-state index contributed by atoms with van der Waals surface area (Å²) in [6.45, 7) is 5.26. The highest BCUT2D eigenvalue weighted by Gasteiger charge is 2.21. The van der Waals surface area contributed by atoms with Crippen molar-refractivity contribution in [3.8, 4) is 0 Å². The maximum absolute atomic E-state index is 12.1. The molecule has 0 N–H and O–H groups in total. The van der Waals surface area contributed by atoms with Gasteiger partial charge in [-0.2, -0.15) is 8.42 Å². The number of hydrogen-bond donors (Lipinski definition) is 0. The molecule has 0 fully saturated rings. The maximum atomic E-state index is 12.1. The summed E-state index contributed by atoms with van der Waals surface area (Å²) in [7, 11) is -3.83. The highest BCUT2D eigenvalue weighted by molar-refractivity contribution is 7.86. The Kier molecular flexibility index (Phi) is 6.16. The van der Waals surface area contributed by atoms with Crippen LogP contribution in [0.4, 0.5) is 0 Å². The summed E-state index contributed by atoms with van der Waals surface area (Å²) >= 11 is 0. The lowest BCUT2D eigenvalue weighted by molar-refractivity contribution is -0.145. The van der Waals surface area contributed by atoms with Crippen LogP contribution in [0.15, 0.2) is 29.2 Å². The molecule has 1 aromatic carbocycles. The van der Waals surface area contributed by atoms with Crippen molar-refractivity contribution in [1.82, 2.24) is 0 Å². The van der Waals surface area contributed by atoms with Crippen LogP contribution in [-0.2, 0) is 23.8 Å². The molecule has 1 unspecified atom stereocenters. The molecule has 0 spiro atoms. The molecule has 1 rings (SSSR count). The second-order valence-electron chi connectivity index (χ2n) is 4.43. The van der Waals surface area contributed by atoms with Crippen LogP contribution in [0.25, 0.3) is 0 Å². The third kappa shape index (κ3) is 4.94. The Morgan fingerprint density at radius 2 is 1.80 bits per heavy atom. The van der Waals surface area contributed by atoms with Crippen molar-refractivity contribution in [2.45, 2.75) is 44.6 Å².